The van der Waals surface area contributed by atoms with Crippen molar-refractivity contribution in [1.29, 1.82) is 0 Å². The molecule has 1 unspecified atom stereocenters. The van der Waals surface area contributed by atoms with Crippen LogP contribution < -0.4 is 5.73 Å². The van der Waals surface area contributed by atoms with Crippen LogP contribution in [0.4, 0.5) is 4.79 Å². The second-order valence-corrected chi connectivity index (χ2v) is 8.06. The summed E-state index contributed by atoms with van der Waals surface area (Å²) in [7, 11) is 0. The number of carbonyl (C=O) groups excluding carboxylic acids is 1. The third-order valence-electron chi connectivity index (χ3n) is 4.84. The van der Waals surface area contributed by atoms with E-state index in [9.17, 15) is 4.79 Å². The van der Waals surface area contributed by atoms with Crippen molar-refractivity contribution >= 4 is 6.09 Å². The van der Waals surface area contributed by atoms with Gasteiger partial charge in [0.15, 0.2) is 0 Å². The van der Waals surface area contributed by atoms with Gasteiger partial charge in [-0.3, -0.25) is 0 Å². The summed E-state index contributed by atoms with van der Waals surface area (Å²) in [5, 5.41) is 0. The van der Waals surface area contributed by atoms with Crippen molar-refractivity contribution < 1.29 is 9.53 Å². The van der Waals surface area contributed by atoms with Gasteiger partial charge in [0.1, 0.15) is 5.60 Å². The number of piperidine rings is 1. The SMILES string of the molecule is CC(C)(C)OC(=O)N1CCCCC1C1(C(C)(C)N)CC1. The fourth-order valence-corrected chi connectivity index (χ4v) is 3.59. The van der Waals surface area contributed by atoms with E-state index in [1.165, 1.54) is 6.42 Å². The van der Waals surface area contributed by atoms with Crippen LogP contribution in [0.5, 0.6) is 0 Å². The smallest absolute Gasteiger partial charge is 0.410 e. The van der Waals surface area contributed by atoms with Gasteiger partial charge in [0.05, 0.1) is 0 Å². The highest BCUT2D eigenvalue weighted by molar-refractivity contribution is 5.69. The van der Waals surface area contributed by atoms with Gasteiger partial charge in [-0.15, -0.1) is 0 Å². The summed E-state index contributed by atoms with van der Waals surface area (Å²) in [6.07, 6.45) is 5.39. The Balaban J connectivity index is 2.16. The van der Waals surface area contributed by atoms with Crippen molar-refractivity contribution in [2.24, 2.45) is 11.1 Å². The molecule has 1 atom stereocenters. The minimum absolute atomic E-state index is 0.0876. The van der Waals surface area contributed by atoms with Crippen LogP contribution in [0.2, 0.25) is 0 Å². The lowest BCUT2D eigenvalue weighted by molar-refractivity contribution is -0.00876. The van der Waals surface area contributed by atoms with Crippen molar-refractivity contribution in [3.05, 3.63) is 0 Å². The Morgan fingerprint density at radius 2 is 1.80 bits per heavy atom. The standard InChI is InChI=1S/C16H30N2O2/c1-14(2,3)20-13(19)18-11-7-6-8-12(18)16(9-10-16)15(4,5)17/h12H,6-11,17H2,1-5H3. The first-order chi connectivity index (χ1) is 9.07. The molecular weight excluding hydrogens is 252 g/mol. The van der Waals surface area contributed by atoms with E-state index < -0.39 is 5.60 Å². The zero-order valence-electron chi connectivity index (χ0n) is 13.7. The molecule has 0 spiro atoms. The Hall–Kier alpha value is -0.770. The van der Waals surface area contributed by atoms with Gasteiger partial charge in [0.2, 0.25) is 0 Å². The van der Waals surface area contributed by atoms with Gasteiger partial charge in [-0.1, -0.05) is 0 Å². The molecule has 1 aliphatic carbocycles. The molecule has 2 N–H and O–H groups in total. The van der Waals surface area contributed by atoms with Crippen LogP contribution in [0, 0.1) is 5.41 Å². The van der Waals surface area contributed by atoms with Gasteiger partial charge in [-0.05, 0) is 66.7 Å². The van der Waals surface area contributed by atoms with Crippen LogP contribution in [0.1, 0.15) is 66.7 Å². The highest BCUT2D eigenvalue weighted by Gasteiger charge is 2.60. The summed E-state index contributed by atoms with van der Waals surface area (Å²) in [6, 6.07) is 0.242. The molecule has 20 heavy (non-hydrogen) atoms. The van der Waals surface area contributed by atoms with Crippen molar-refractivity contribution in [2.45, 2.75) is 83.9 Å². The monoisotopic (exact) mass is 282 g/mol. The van der Waals surface area contributed by atoms with E-state index in [1.54, 1.807) is 0 Å². The Morgan fingerprint density at radius 1 is 1.20 bits per heavy atom. The summed E-state index contributed by atoms with van der Waals surface area (Å²) >= 11 is 0. The molecule has 2 aliphatic rings. The second kappa shape index (κ2) is 4.90. The molecular formula is C16H30N2O2. The summed E-state index contributed by atoms with van der Waals surface area (Å²) in [5.74, 6) is 0. The lowest BCUT2D eigenvalue weighted by atomic mass is 9.75. The quantitative estimate of drug-likeness (QED) is 0.845. The summed E-state index contributed by atoms with van der Waals surface area (Å²) in [5.41, 5.74) is 5.83. The van der Waals surface area contributed by atoms with E-state index >= 15 is 0 Å². The maximum atomic E-state index is 12.5. The van der Waals surface area contributed by atoms with Gasteiger partial charge in [-0.25, -0.2) is 4.79 Å². The third-order valence-corrected chi connectivity index (χ3v) is 4.84. The van der Waals surface area contributed by atoms with Gasteiger partial charge in [0.25, 0.3) is 0 Å². The Labute approximate surface area is 123 Å². The lowest BCUT2D eigenvalue weighted by Crippen LogP contribution is -2.58. The Bertz CT molecular complexity index is 375. The molecule has 0 aromatic heterocycles. The molecule has 0 bridgehead atoms. The van der Waals surface area contributed by atoms with Crippen LogP contribution in [-0.2, 0) is 4.74 Å². The zero-order chi connectivity index (χ0) is 15.2. The molecule has 1 amide bonds. The number of ether oxygens (including phenoxy) is 1. The number of nitrogens with zero attached hydrogens (tertiary/aromatic N) is 1. The topological polar surface area (TPSA) is 55.6 Å². The number of carbonyl (C=O) groups is 1. The molecule has 2 fully saturated rings. The first-order valence-electron chi connectivity index (χ1n) is 7.85. The Morgan fingerprint density at radius 3 is 2.25 bits per heavy atom. The van der Waals surface area contributed by atoms with Gasteiger partial charge in [-0.2, -0.15) is 0 Å². The molecule has 2 rings (SSSR count). The number of hydrogen-bond acceptors (Lipinski definition) is 3. The maximum absolute atomic E-state index is 12.5. The fraction of sp³-hybridized carbons (Fsp3) is 0.938. The van der Waals surface area contributed by atoms with E-state index in [1.807, 2.05) is 25.7 Å². The van der Waals surface area contributed by atoms with Crippen LogP contribution in [-0.4, -0.2) is 34.7 Å². The van der Waals surface area contributed by atoms with Gasteiger partial charge < -0.3 is 15.4 Å². The van der Waals surface area contributed by atoms with Gasteiger partial charge >= 0.3 is 6.09 Å². The van der Waals surface area contributed by atoms with Crippen molar-refractivity contribution in [1.82, 2.24) is 4.90 Å². The predicted octanol–water partition coefficient (Wildman–Crippen LogP) is 3.29. The van der Waals surface area contributed by atoms with Crippen molar-refractivity contribution in [2.75, 3.05) is 6.54 Å². The maximum Gasteiger partial charge on any atom is 0.410 e. The van der Waals surface area contributed by atoms with Crippen LogP contribution >= 0.6 is 0 Å². The first-order valence-corrected chi connectivity index (χ1v) is 7.85. The molecule has 4 heteroatoms. The number of nitrogens with two attached hydrogens (primary N) is 1. The van der Waals surface area contributed by atoms with E-state index in [0.717, 1.165) is 32.2 Å². The molecule has 1 heterocycles. The number of likely N-dealkylation sites (tertiary alicyclic amines) is 1. The van der Waals surface area contributed by atoms with Gasteiger partial charge in [0, 0.05) is 23.5 Å². The average molecular weight is 282 g/mol. The molecule has 1 saturated carbocycles. The normalized spacial score (nSPS) is 26.3. The number of hydrogen-bond donors (Lipinski definition) is 1. The molecule has 116 valence electrons. The first kappa shape index (κ1) is 15.6. The molecule has 4 nitrogen and oxygen atoms in total. The third kappa shape index (κ3) is 2.95. The highest BCUT2D eigenvalue weighted by Crippen LogP contribution is 2.58. The largest absolute Gasteiger partial charge is 0.444 e. The second-order valence-electron chi connectivity index (χ2n) is 8.06. The lowest BCUT2D eigenvalue weighted by Gasteiger charge is -2.46. The molecule has 0 radical (unpaired) electrons. The van der Waals surface area contributed by atoms with E-state index in [2.05, 4.69) is 13.8 Å². The molecule has 0 aromatic rings. The predicted molar refractivity (Wildman–Crippen MR) is 80.5 cm³/mol. The molecule has 0 aromatic carbocycles. The summed E-state index contributed by atoms with van der Waals surface area (Å²) < 4.78 is 5.59. The zero-order valence-corrected chi connectivity index (χ0v) is 13.7. The van der Waals surface area contributed by atoms with Crippen molar-refractivity contribution in [3.8, 4) is 0 Å². The summed E-state index contributed by atoms with van der Waals surface area (Å²) in [4.78, 5) is 14.4. The van der Waals surface area contributed by atoms with Crippen molar-refractivity contribution in [3.63, 3.8) is 0 Å². The molecule has 1 aliphatic heterocycles. The average Bonchev–Trinajstić information content (AvgIpc) is 3.06. The minimum atomic E-state index is -0.436. The van der Waals surface area contributed by atoms with Crippen LogP contribution in [0.3, 0.4) is 0 Å². The van der Waals surface area contributed by atoms with E-state index in [-0.39, 0.29) is 23.1 Å². The summed E-state index contributed by atoms with van der Waals surface area (Å²) in [6.45, 7) is 10.8. The van der Waals surface area contributed by atoms with Crippen LogP contribution in [0.25, 0.3) is 0 Å². The number of rotatable bonds is 2. The minimum Gasteiger partial charge on any atom is -0.444 e. The van der Waals surface area contributed by atoms with E-state index in [0.29, 0.717) is 0 Å². The van der Waals surface area contributed by atoms with Crippen LogP contribution in [0.15, 0.2) is 0 Å². The number of amides is 1. The van der Waals surface area contributed by atoms with E-state index in [4.69, 9.17) is 10.5 Å². The highest BCUT2D eigenvalue weighted by atomic mass is 16.6. The Kier molecular flexibility index (Phi) is 3.83. The molecule has 1 saturated heterocycles. The fourth-order valence-electron chi connectivity index (χ4n) is 3.59.